The molecular formula is C22H24N4O. The van der Waals surface area contributed by atoms with Crippen LogP contribution in [0.25, 0.3) is 0 Å². The van der Waals surface area contributed by atoms with Crippen molar-refractivity contribution in [3.8, 4) is 0 Å². The topological polar surface area (TPSA) is 61.0 Å². The number of hydrogen-bond donors (Lipinski definition) is 2. The van der Waals surface area contributed by atoms with Crippen molar-refractivity contribution < 1.29 is 4.79 Å². The van der Waals surface area contributed by atoms with Gasteiger partial charge in [0.05, 0.1) is 11.6 Å². The Kier molecular flexibility index (Phi) is 5.03. The molecule has 27 heavy (non-hydrogen) atoms. The summed E-state index contributed by atoms with van der Waals surface area (Å²) < 4.78 is 0. The average Bonchev–Trinajstić information content (AvgIpc) is 3.28. The van der Waals surface area contributed by atoms with Gasteiger partial charge in [0.15, 0.2) is 5.82 Å². The minimum Gasteiger partial charge on any atom is -0.308 e. The predicted octanol–water partition coefficient (Wildman–Crippen LogP) is 3.71. The smallest absolute Gasteiger partial charge is 0.232 e. The molecule has 1 aliphatic rings. The first-order chi connectivity index (χ1) is 13.2. The molecule has 5 nitrogen and oxygen atoms in total. The Hall–Kier alpha value is -2.92. The minimum absolute atomic E-state index is 0.0294. The summed E-state index contributed by atoms with van der Waals surface area (Å²) in [5.74, 6) is 0.423. The average molecular weight is 360 g/mol. The van der Waals surface area contributed by atoms with Crippen LogP contribution in [-0.4, -0.2) is 27.5 Å². The monoisotopic (exact) mass is 360 g/mol. The molecular weight excluding hydrogens is 336 g/mol. The molecule has 1 aromatic heterocycles. The number of benzene rings is 2. The molecule has 1 amide bonds. The SMILES string of the molecule is CC(C(=O)Nc1n[nH]c2c1CN(CCc1ccccc1)C2)c1ccccc1. The van der Waals surface area contributed by atoms with Crippen LogP contribution in [0.15, 0.2) is 60.7 Å². The summed E-state index contributed by atoms with van der Waals surface area (Å²) in [5, 5.41) is 10.4. The van der Waals surface area contributed by atoms with Crippen LogP contribution in [0.1, 0.15) is 35.2 Å². The van der Waals surface area contributed by atoms with Gasteiger partial charge in [-0.1, -0.05) is 60.7 Å². The van der Waals surface area contributed by atoms with Gasteiger partial charge >= 0.3 is 0 Å². The number of carbonyl (C=O) groups is 1. The number of fused-ring (bicyclic) bond motifs is 1. The number of carbonyl (C=O) groups excluding carboxylic acids is 1. The van der Waals surface area contributed by atoms with Gasteiger partial charge in [0.1, 0.15) is 0 Å². The van der Waals surface area contributed by atoms with Crippen LogP contribution in [0.3, 0.4) is 0 Å². The summed E-state index contributed by atoms with van der Waals surface area (Å²) >= 11 is 0. The predicted molar refractivity (Wildman–Crippen MR) is 106 cm³/mol. The van der Waals surface area contributed by atoms with E-state index in [0.29, 0.717) is 5.82 Å². The van der Waals surface area contributed by atoms with Gasteiger partial charge < -0.3 is 5.32 Å². The molecule has 1 aliphatic heterocycles. The van der Waals surface area contributed by atoms with E-state index in [-0.39, 0.29) is 11.8 Å². The zero-order valence-electron chi connectivity index (χ0n) is 15.5. The number of nitrogens with one attached hydrogen (secondary N) is 2. The van der Waals surface area contributed by atoms with Gasteiger partial charge in [-0.2, -0.15) is 5.10 Å². The summed E-state index contributed by atoms with van der Waals surface area (Å²) in [6.45, 7) is 4.57. The normalized spacial score (nSPS) is 14.7. The number of aromatic amines is 1. The van der Waals surface area contributed by atoms with Crippen molar-refractivity contribution in [1.82, 2.24) is 15.1 Å². The first kappa shape index (κ1) is 17.5. The van der Waals surface area contributed by atoms with Gasteiger partial charge in [0.25, 0.3) is 0 Å². The van der Waals surface area contributed by atoms with E-state index in [4.69, 9.17) is 0 Å². The van der Waals surface area contributed by atoms with Gasteiger partial charge in [-0.25, -0.2) is 0 Å². The number of amides is 1. The Bertz CT molecular complexity index is 905. The fraction of sp³-hybridized carbons (Fsp3) is 0.273. The quantitative estimate of drug-likeness (QED) is 0.704. The number of H-pyrrole nitrogens is 1. The molecule has 1 unspecified atom stereocenters. The molecule has 3 aromatic rings. The van der Waals surface area contributed by atoms with Crippen LogP contribution in [0.4, 0.5) is 5.82 Å². The highest BCUT2D eigenvalue weighted by Gasteiger charge is 2.26. The summed E-state index contributed by atoms with van der Waals surface area (Å²) in [6, 6.07) is 20.3. The van der Waals surface area contributed by atoms with Gasteiger partial charge in [-0.05, 0) is 24.5 Å². The highest BCUT2D eigenvalue weighted by atomic mass is 16.1. The standard InChI is InChI=1S/C22H24N4O/c1-16(18-10-6-3-7-11-18)22(27)23-21-19-14-26(15-20(19)24-25-21)13-12-17-8-4-2-5-9-17/h2-11,16H,12-15H2,1H3,(H2,23,24,25,27). The second kappa shape index (κ2) is 7.76. The Morgan fingerprint density at radius 2 is 1.81 bits per heavy atom. The summed E-state index contributed by atoms with van der Waals surface area (Å²) in [4.78, 5) is 15.0. The first-order valence-electron chi connectivity index (χ1n) is 9.39. The van der Waals surface area contributed by atoms with Crippen LogP contribution in [0, 0.1) is 0 Å². The maximum absolute atomic E-state index is 12.6. The van der Waals surface area contributed by atoms with Crippen molar-refractivity contribution in [1.29, 1.82) is 0 Å². The van der Waals surface area contributed by atoms with E-state index in [1.807, 2.05) is 43.3 Å². The highest BCUT2D eigenvalue weighted by Crippen LogP contribution is 2.28. The van der Waals surface area contributed by atoms with E-state index < -0.39 is 0 Å². The van der Waals surface area contributed by atoms with E-state index in [1.54, 1.807) is 0 Å². The maximum Gasteiger partial charge on any atom is 0.232 e. The fourth-order valence-electron chi connectivity index (χ4n) is 3.52. The fourth-order valence-corrected chi connectivity index (χ4v) is 3.52. The Morgan fingerprint density at radius 1 is 1.11 bits per heavy atom. The molecule has 0 fully saturated rings. The molecule has 0 saturated carbocycles. The number of anilines is 1. The molecule has 0 spiro atoms. The van der Waals surface area contributed by atoms with Crippen molar-refractivity contribution in [3.63, 3.8) is 0 Å². The van der Waals surface area contributed by atoms with Crippen LogP contribution < -0.4 is 5.32 Å². The molecule has 0 bridgehead atoms. The minimum atomic E-state index is -0.214. The van der Waals surface area contributed by atoms with Crippen molar-refractivity contribution in [2.45, 2.75) is 32.4 Å². The lowest BCUT2D eigenvalue weighted by Crippen LogP contribution is -2.22. The summed E-state index contributed by atoms with van der Waals surface area (Å²) in [5.41, 5.74) is 4.56. The van der Waals surface area contributed by atoms with E-state index in [2.05, 4.69) is 44.7 Å². The largest absolute Gasteiger partial charge is 0.308 e. The van der Waals surface area contributed by atoms with Crippen molar-refractivity contribution in [2.75, 3.05) is 11.9 Å². The molecule has 0 saturated heterocycles. The Morgan fingerprint density at radius 3 is 2.56 bits per heavy atom. The molecule has 0 radical (unpaired) electrons. The van der Waals surface area contributed by atoms with E-state index >= 15 is 0 Å². The summed E-state index contributed by atoms with van der Waals surface area (Å²) in [6.07, 6.45) is 1.02. The lowest BCUT2D eigenvalue weighted by molar-refractivity contribution is -0.117. The lowest BCUT2D eigenvalue weighted by atomic mass is 10.0. The van der Waals surface area contributed by atoms with Gasteiger partial charge in [-0.15, -0.1) is 0 Å². The van der Waals surface area contributed by atoms with E-state index in [0.717, 1.165) is 42.9 Å². The molecule has 2 aromatic carbocycles. The van der Waals surface area contributed by atoms with Crippen molar-refractivity contribution in [2.24, 2.45) is 0 Å². The second-order valence-electron chi connectivity index (χ2n) is 7.10. The third-order valence-electron chi connectivity index (χ3n) is 5.21. The van der Waals surface area contributed by atoms with Crippen molar-refractivity contribution >= 4 is 11.7 Å². The summed E-state index contributed by atoms with van der Waals surface area (Å²) in [7, 11) is 0. The third kappa shape index (κ3) is 3.93. The number of aromatic nitrogens is 2. The van der Waals surface area contributed by atoms with Crippen LogP contribution in [0.5, 0.6) is 0 Å². The number of hydrogen-bond acceptors (Lipinski definition) is 3. The Balaban J connectivity index is 1.37. The number of nitrogens with zero attached hydrogens (tertiary/aromatic N) is 2. The zero-order valence-corrected chi connectivity index (χ0v) is 15.5. The molecule has 5 heteroatoms. The Labute approximate surface area is 159 Å². The van der Waals surface area contributed by atoms with E-state index in [9.17, 15) is 4.79 Å². The molecule has 138 valence electrons. The lowest BCUT2D eigenvalue weighted by Gasteiger charge is -2.15. The van der Waals surface area contributed by atoms with Gasteiger partial charge in [0, 0.05) is 25.2 Å². The maximum atomic E-state index is 12.6. The highest BCUT2D eigenvalue weighted by molar-refractivity contribution is 5.95. The molecule has 1 atom stereocenters. The third-order valence-corrected chi connectivity index (χ3v) is 5.21. The van der Waals surface area contributed by atoms with Crippen LogP contribution in [-0.2, 0) is 24.3 Å². The van der Waals surface area contributed by atoms with Gasteiger partial charge in [0.2, 0.25) is 5.91 Å². The molecule has 2 N–H and O–H groups in total. The number of rotatable bonds is 6. The van der Waals surface area contributed by atoms with Crippen LogP contribution >= 0.6 is 0 Å². The molecule has 0 aliphatic carbocycles. The van der Waals surface area contributed by atoms with Crippen LogP contribution in [0.2, 0.25) is 0 Å². The zero-order chi connectivity index (χ0) is 18.6. The molecule has 2 heterocycles. The van der Waals surface area contributed by atoms with Gasteiger partial charge in [-0.3, -0.25) is 14.8 Å². The van der Waals surface area contributed by atoms with Crippen molar-refractivity contribution in [3.05, 3.63) is 83.0 Å². The first-order valence-corrected chi connectivity index (χ1v) is 9.39. The molecule has 4 rings (SSSR count). The van der Waals surface area contributed by atoms with E-state index in [1.165, 1.54) is 5.56 Å². The second-order valence-corrected chi connectivity index (χ2v) is 7.10.